The predicted molar refractivity (Wildman–Crippen MR) is 79.1 cm³/mol. The summed E-state index contributed by atoms with van der Waals surface area (Å²) in [6.45, 7) is 3.15. The number of likely N-dealkylation sites (N-methyl/N-ethyl adjacent to an activating group) is 1. The summed E-state index contributed by atoms with van der Waals surface area (Å²) in [5.74, 6) is 0. The van der Waals surface area contributed by atoms with Crippen LogP contribution in [0.4, 0.5) is 0 Å². The number of fused-ring (bicyclic) bond motifs is 1. The number of likely N-dealkylation sites (tertiary alicyclic amines) is 1. The van der Waals surface area contributed by atoms with E-state index in [4.69, 9.17) is 0 Å². The van der Waals surface area contributed by atoms with Crippen molar-refractivity contribution < 1.29 is 0 Å². The van der Waals surface area contributed by atoms with Crippen LogP contribution in [0.1, 0.15) is 18.5 Å². The lowest BCUT2D eigenvalue weighted by molar-refractivity contribution is 0.300. The molecular formula is C16H21N3. The minimum Gasteiger partial charge on any atom is -0.310 e. The van der Waals surface area contributed by atoms with E-state index in [1.54, 1.807) is 0 Å². The molecule has 1 aromatic carbocycles. The molecule has 1 fully saturated rings. The van der Waals surface area contributed by atoms with Crippen LogP contribution >= 0.6 is 0 Å². The molecular weight excluding hydrogens is 234 g/mol. The van der Waals surface area contributed by atoms with Crippen LogP contribution in [0.3, 0.4) is 0 Å². The molecule has 3 heteroatoms. The van der Waals surface area contributed by atoms with Crippen molar-refractivity contribution in [2.24, 2.45) is 0 Å². The first kappa shape index (κ1) is 12.6. The third kappa shape index (κ3) is 2.94. The van der Waals surface area contributed by atoms with E-state index in [1.165, 1.54) is 30.2 Å². The van der Waals surface area contributed by atoms with Gasteiger partial charge in [0.2, 0.25) is 0 Å². The van der Waals surface area contributed by atoms with E-state index in [0.29, 0.717) is 6.04 Å². The summed E-state index contributed by atoms with van der Waals surface area (Å²) in [5.41, 5.74) is 1.12. The number of hydrogen-bond donors (Lipinski definition) is 1. The standard InChI is InChI=1S/C16H21N3/c1-19-8-4-7-16(19)12-17-11-15-9-13-5-2-3-6-14(13)10-18-15/h2-3,5-6,9-10,16-17H,4,7-8,11-12H2,1H3/t16-/m0/s1. The highest BCUT2D eigenvalue weighted by atomic mass is 15.2. The molecule has 0 amide bonds. The van der Waals surface area contributed by atoms with E-state index < -0.39 is 0 Å². The Morgan fingerprint density at radius 1 is 1.32 bits per heavy atom. The molecule has 2 aromatic rings. The van der Waals surface area contributed by atoms with Crippen molar-refractivity contribution in [3.05, 3.63) is 42.2 Å². The topological polar surface area (TPSA) is 28.2 Å². The molecule has 0 aliphatic carbocycles. The van der Waals surface area contributed by atoms with E-state index in [2.05, 4.69) is 52.6 Å². The molecule has 2 heterocycles. The molecule has 1 atom stereocenters. The number of benzene rings is 1. The van der Waals surface area contributed by atoms with Crippen LogP contribution in [0.2, 0.25) is 0 Å². The Labute approximate surface area is 114 Å². The van der Waals surface area contributed by atoms with Gasteiger partial charge in [-0.05, 0) is 37.9 Å². The molecule has 1 N–H and O–H groups in total. The van der Waals surface area contributed by atoms with Crippen molar-refractivity contribution >= 4 is 10.8 Å². The molecule has 1 aromatic heterocycles. The van der Waals surface area contributed by atoms with Gasteiger partial charge in [-0.25, -0.2) is 0 Å². The highest BCUT2D eigenvalue weighted by molar-refractivity contribution is 5.81. The fourth-order valence-electron chi connectivity index (χ4n) is 2.83. The smallest absolute Gasteiger partial charge is 0.0548 e. The van der Waals surface area contributed by atoms with E-state index in [0.717, 1.165) is 18.8 Å². The fraction of sp³-hybridized carbons (Fsp3) is 0.438. The lowest BCUT2D eigenvalue weighted by Crippen LogP contribution is -2.35. The first-order valence-corrected chi connectivity index (χ1v) is 7.07. The lowest BCUT2D eigenvalue weighted by Gasteiger charge is -2.19. The molecule has 3 nitrogen and oxygen atoms in total. The third-order valence-electron chi connectivity index (χ3n) is 4.05. The average Bonchev–Trinajstić information content (AvgIpc) is 2.84. The molecule has 1 aliphatic heterocycles. The number of hydrogen-bond acceptors (Lipinski definition) is 3. The summed E-state index contributed by atoms with van der Waals surface area (Å²) in [5, 5.41) is 6.02. The Bertz CT molecular complexity index is 552. The number of aromatic nitrogens is 1. The van der Waals surface area contributed by atoms with Crippen LogP contribution in [0, 0.1) is 0 Å². The van der Waals surface area contributed by atoms with Gasteiger partial charge in [0.05, 0.1) is 5.69 Å². The summed E-state index contributed by atoms with van der Waals surface area (Å²) >= 11 is 0. The highest BCUT2D eigenvalue weighted by Crippen LogP contribution is 2.15. The second-order valence-electron chi connectivity index (χ2n) is 5.43. The molecule has 0 saturated carbocycles. The van der Waals surface area contributed by atoms with E-state index in [-0.39, 0.29) is 0 Å². The van der Waals surface area contributed by atoms with Gasteiger partial charge in [0.15, 0.2) is 0 Å². The summed E-state index contributed by atoms with van der Waals surface area (Å²) in [6.07, 6.45) is 4.61. The third-order valence-corrected chi connectivity index (χ3v) is 4.05. The number of nitrogens with one attached hydrogen (secondary N) is 1. The monoisotopic (exact) mass is 255 g/mol. The number of rotatable bonds is 4. The minimum atomic E-state index is 0.695. The second-order valence-corrected chi connectivity index (χ2v) is 5.43. The zero-order valence-corrected chi connectivity index (χ0v) is 11.5. The van der Waals surface area contributed by atoms with Crippen molar-refractivity contribution in [2.45, 2.75) is 25.4 Å². The second kappa shape index (κ2) is 5.68. The van der Waals surface area contributed by atoms with Crippen LogP contribution in [0.15, 0.2) is 36.5 Å². The summed E-state index contributed by atoms with van der Waals surface area (Å²) < 4.78 is 0. The highest BCUT2D eigenvalue weighted by Gasteiger charge is 2.19. The van der Waals surface area contributed by atoms with Crippen molar-refractivity contribution in [2.75, 3.05) is 20.1 Å². The van der Waals surface area contributed by atoms with Gasteiger partial charge >= 0.3 is 0 Å². The molecule has 1 saturated heterocycles. The molecule has 1 aliphatic rings. The van der Waals surface area contributed by atoms with Crippen molar-refractivity contribution in [1.82, 2.24) is 15.2 Å². The van der Waals surface area contributed by atoms with Crippen molar-refractivity contribution in [3.8, 4) is 0 Å². The maximum atomic E-state index is 4.51. The van der Waals surface area contributed by atoms with Crippen LogP contribution in [0.25, 0.3) is 10.8 Å². The van der Waals surface area contributed by atoms with Gasteiger partial charge in [-0.3, -0.25) is 4.98 Å². The molecule has 0 unspecified atom stereocenters. The number of nitrogens with zero attached hydrogens (tertiary/aromatic N) is 2. The van der Waals surface area contributed by atoms with Gasteiger partial charge in [-0.15, -0.1) is 0 Å². The van der Waals surface area contributed by atoms with Crippen LogP contribution in [-0.2, 0) is 6.54 Å². The summed E-state index contributed by atoms with van der Waals surface area (Å²) in [6, 6.07) is 11.3. The van der Waals surface area contributed by atoms with Crippen LogP contribution in [0.5, 0.6) is 0 Å². The van der Waals surface area contributed by atoms with Gasteiger partial charge < -0.3 is 10.2 Å². The molecule has 0 spiro atoms. The lowest BCUT2D eigenvalue weighted by atomic mass is 10.1. The van der Waals surface area contributed by atoms with Gasteiger partial charge in [0.25, 0.3) is 0 Å². The molecule has 0 radical (unpaired) electrons. The van der Waals surface area contributed by atoms with Crippen LogP contribution < -0.4 is 5.32 Å². The first-order valence-electron chi connectivity index (χ1n) is 7.07. The normalized spacial score (nSPS) is 20.2. The number of pyridine rings is 1. The summed E-state index contributed by atoms with van der Waals surface area (Å²) in [7, 11) is 2.22. The van der Waals surface area contributed by atoms with E-state index in [1.807, 2.05) is 6.20 Å². The summed E-state index contributed by atoms with van der Waals surface area (Å²) in [4.78, 5) is 6.96. The van der Waals surface area contributed by atoms with Crippen LogP contribution in [-0.4, -0.2) is 36.1 Å². The first-order chi connectivity index (χ1) is 9.33. The van der Waals surface area contributed by atoms with Crippen molar-refractivity contribution in [3.63, 3.8) is 0 Å². The van der Waals surface area contributed by atoms with Crippen molar-refractivity contribution in [1.29, 1.82) is 0 Å². The van der Waals surface area contributed by atoms with E-state index >= 15 is 0 Å². The maximum Gasteiger partial charge on any atom is 0.0548 e. The van der Waals surface area contributed by atoms with Gasteiger partial charge in [-0.2, -0.15) is 0 Å². The molecule has 0 bridgehead atoms. The SMILES string of the molecule is CN1CCC[C@H]1CNCc1cc2ccccc2cn1. The molecule has 19 heavy (non-hydrogen) atoms. The maximum absolute atomic E-state index is 4.51. The zero-order valence-electron chi connectivity index (χ0n) is 11.5. The van der Waals surface area contributed by atoms with Gasteiger partial charge in [0, 0.05) is 30.7 Å². The Hall–Kier alpha value is -1.45. The van der Waals surface area contributed by atoms with E-state index in [9.17, 15) is 0 Å². The Balaban J connectivity index is 1.59. The van der Waals surface area contributed by atoms with Gasteiger partial charge in [-0.1, -0.05) is 24.3 Å². The predicted octanol–water partition coefficient (Wildman–Crippen LogP) is 2.42. The quantitative estimate of drug-likeness (QED) is 0.909. The Kier molecular flexibility index (Phi) is 3.76. The van der Waals surface area contributed by atoms with Gasteiger partial charge in [0.1, 0.15) is 0 Å². The zero-order chi connectivity index (χ0) is 13.1. The molecule has 3 rings (SSSR count). The molecule has 100 valence electrons. The fourth-order valence-corrected chi connectivity index (χ4v) is 2.83. The largest absolute Gasteiger partial charge is 0.310 e. The Morgan fingerprint density at radius 3 is 2.95 bits per heavy atom. The minimum absolute atomic E-state index is 0.695. The Morgan fingerprint density at radius 2 is 2.16 bits per heavy atom. The average molecular weight is 255 g/mol.